The van der Waals surface area contributed by atoms with Gasteiger partial charge < -0.3 is 10.2 Å². The van der Waals surface area contributed by atoms with Crippen LogP contribution in [0.1, 0.15) is 79.4 Å². The molecule has 138 valence electrons. The Morgan fingerprint density at radius 3 is 1.83 bits per heavy atom. The number of aliphatic hydroxyl groups excluding tert-OH is 1. The zero-order valence-electron chi connectivity index (χ0n) is 16.7. The number of benzene rings is 1. The summed E-state index contributed by atoms with van der Waals surface area (Å²) in [6.07, 6.45) is 1.58. The van der Waals surface area contributed by atoms with Crippen LogP contribution in [0.3, 0.4) is 0 Å². The van der Waals surface area contributed by atoms with Gasteiger partial charge in [0, 0.05) is 21.8 Å². The number of phenolic OH excluding ortho intramolecular Hbond substituents is 1. The second-order valence-electron chi connectivity index (χ2n) is 8.96. The Kier molecular flexibility index (Phi) is 7.25. The molecule has 1 aromatic carbocycles. The normalized spacial score (nSPS) is 15.4. The zero-order chi connectivity index (χ0) is 18.7. The Labute approximate surface area is 153 Å². The van der Waals surface area contributed by atoms with Crippen molar-refractivity contribution in [2.24, 2.45) is 5.92 Å². The van der Waals surface area contributed by atoms with Crippen LogP contribution in [0.25, 0.3) is 0 Å². The molecule has 0 aliphatic carbocycles. The van der Waals surface area contributed by atoms with E-state index in [2.05, 4.69) is 67.5 Å². The second kappa shape index (κ2) is 8.14. The smallest absolute Gasteiger partial charge is 0.123 e. The summed E-state index contributed by atoms with van der Waals surface area (Å²) in [7, 11) is 0. The van der Waals surface area contributed by atoms with Gasteiger partial charge in [-0.15, -0.1) is 11.8 Å². The highest BCUT2D eigenvalue weighted by Crippen LogP contribution is 2.41. The Hall–Kier alpha value is -0.670. The fourth-order valence-electron chi connectivity index (χ4n) is 2.69. The minimum atomic E-state index is -0.233. The van der Waals surface area contributed by atoms with Gasteiger partial charge in [0.2, 0.25) is 0 Å². The lowest BCUT2D eigenvalue weighted by Gasteiger charge is -2.28. The van der Waals surface area contributed by atoms with Crippen molar-refractivity contribution < 1.29 is 10.2 Å². The van der Waals surface area contributed by atoms with Crippen molar-refractivity contribution in [2.45, 2.75) is 90.1 Å². The Bertz CT molecular complexity index is 503. The van der Waals surface area contributed by atoms with Gasteiger partial charge in [0.05, 0.1) is 6.10 Å². The van der Waals surface area contributed by atoms with Gasteiger partial charge in [0.25, 0.3) is 0 Å². The molecule has 1 rings (SSSR count). The van der Waals surface area contributed by atoms with E-state index in [-0.39, 0.29) is 16.9 Å². The summed E-state index contributed by atoms with van der Waals surface area (Å²) in [5.41, 5.74) is 1.80. The molecule has 2 nitrogen and oxygen atoms in total. The number of aliphatic hydroxyl groups is 1. The summed E-state index contributed by atoms with van der Waals surface area (Å²) in [6, 6.07) is 4.23. The maximum absolute atomic E-state index is 10.8. The molecule has 3 heteroatoms. The minimum absolute atomic E-state index is 0.100. The molecular weight excluding hydrogens is 316 g/mol. The summed E-state index contributed by atoms with van der Waals surface area (Å²) in [5.74, 6) is 1.67. The molecule has 0 fully saturated rings. The predicted molar refractivity (Wildman–Crippen MR) is 106 cm³/mol. The molecule has 0 saturated heterocycles. The van der Waals surface area contributed by atoms with Crippen molar-refractivity contribution in [3.63, 3.8) is 0 Å². The fraction of sp³-hybridized carbons (Fsp3) is 0.714. The summed E-state index contributed by atoms with van der Waals surface area (Å²) < 4.78 is 0. The van der Waals surface area contributed by atoms with Crippen LogP contribution in [0.5, 0.6) is 5.75 Å². The van der Waals surface area contributed by atoms with Gasteiger partial charge in [0.1, 0.15) is 5.75 Å². The van der Waals surface area contributed by atoms with Gasteiger partial charge in [-0.3, -0.25) is 0 Å². The first-order valence-corrected chi connectivity index (χ1v) is 10.0. The lowest BCUT2D eigenvalue weighted by Crippen LogP contribution is -2.18. The molecule has 0 bridgehead atoms. The summed E-state index contributed by atoms with van der Waals surface area (Å²) in [6.45, 7) is 17.0. The van der Waals surface area contributed by atoms with Crippen molar-refractivity contribution in [1.82, 2.24) is 0 Å². The molecule has 24 heavy (non-hydrogen) atoms. The van der Waals surface area contributed by atoms with E-state index in [1.807, 2.05) is 0 Å². The summed E-state index contributed by atoms with van der Waals surface area (Å²) in [4.78, 5) is 1.18. The largest absolute Gasteiger partial charge is 0.507 e. The fourth-order valence-corrected chi connectivity index (χ4v) is 3.69. The zero-order valence-corrected chi connectivity index (χ0v) is 17.5. The molecule has 0 saturated carbocycles. The molecular formula is C21H36O2S. The molecule has 0 spiro atoms. The molecule has 1 aromatic rings. The van der Waals surface area contributed by atoms with Crippen LogP contribution < -0.4 is 0 Å². The minimum Gasteiger partial charge on any atom is -0.507 e. The first-order chi connectivity index (χ1) is 10.9. The number of phenols is 1. The standard InChI is InChI=1S/C21H36O2S/c1-9-14(2)18(22)10-11-24-15-12-16(20(3,4)5)19(23)17(13-15)21(6,7)8/h12-14,18,22-23H,9-11H2,1-8H3. The number of thioether (sulfide) groups is 1. The van der Waals surface area contributed by atoms with Crippen LogP contribution in [0.15, 0.2) is 17.0 Å². The van der Waals surface area contributed by atoms with E-state index < -0.39 is 0 Å². The maximum atomic E-state index is 10.8. The van der Waals surface area contributed by atoms with Gasteiger partial charge in [-0.05, 0) is 35.3 Å². The topological polar surface area (TPSA) is 40.5 Å². The average Bonchev–Trinajstić information content (AvgIpc) is 2.45. The molecule has 0 aromatic heterocycles. The Balaban J connectivity index is 3.03. The maximum Gasteiger partial charge on any atom is 0.123 e. The summed E-state index contributed by atoms with van der Waals surface area (Å²) >= 11 is 1.77. The van der Waals surface area contributed by atoms with Gasteiger partial charge in [-0.25, -0.2) is 0 Å². The van der Waals surface area contributed by atoms with Crippen molar-refractivity contribution in [1.29, 1.82) is 0 Å². The molecule has 0 amide bonds. The van der Waals surface area contributed by atoms with Crippen LogP contribution >= 0.6 is 11.8 Å². The lowest BCUT2D eigenvalue weighted by atomic mass is 9.79. The van der Waals surface area contributed by atoms with Crippen LogP contribution in [0.4, 0.5) is 0 Å². The van der Waals surface area contributed by atoms with E-state index >= 15 is 0 Å². The van der Waals surface area contributed by atoms with Gasteiger partial charge >= 0.3 is 0 Å². The molecule has 0 heterocycles. The number of aromatic hydroxyl groups is 1. The number of hydrogen-bond acceptors (Lipinski definition) is 3. The molecule has 0 aliphatic heterocycles. The van der Waals surface area contributed by atoms with Crippen LogP contribution in [-0.2, 0) is 10.8 Å². The van der Waals surface area contributed by atoms with E-state index in [1.54, 1.807) is 11.8 Å². The third-order valence-electron chi connectivity index (χ3n) is 4.68. The van der Waals surface area contributed by atoms with Crippen molar-refractivity contribution in [2.75, 3.05) is 5.75 Å². The third kappa shape index (κ3) is 5.70. The SMILES string of the molecule is CCC(C)C(O)CCSc1cc(C(C)(C)C)c(O)c(C(C)(C)C)c1. The molecule has 2 N–H and O–H groups in total. The monoisotopic (exact) mass is 352 g/mol. The van der Waals surface area contributed by atoms with Crippen molar-refractivity contribution in [3.05, 3.63) is 23.3 Å². The van der Waals surface area contributed by atoms with Crippen LogP contribution in [0, 0.1) is 5.92 Å². The Morgan fingerprint density at radius 2 is 1.46 bits per heavy atom. The first kappa shape index (κ1) is 21.4. The van der Waals surface area contributed by atoms with Gasteiger partial charge in [-0.2, -0.15) is 0 Å². The van der Waals surface area contributed by atoms with E-state index in [0.717, 1.165) is 29.7 Å². The lowest BCUT2D eigenvalue weighted by molar-refractivity contribution is 0.112. The third-order valence-corrected chi connectivity index (χ3v) is 5.69. The first-order valence-electron chi connectivity index (χ1n) is 9.06. The van der Waals surface area contributed by atoms with E-state index in [9.17, 15) is 10.2 Å². The molecule has 0 aliphatic rings. The average molecular weight is 353 g/mol. The summed E-state index contributed by atoms with van der Waals surface area (Å²) in [5, 5.41) is 20.9. The van der Waals surface area contributed by atoms with E-state index in [0.29, 0.717) is 11.7 Å². The number of hydrogen-bond donors (Lipinski definition) is 2. The van der Waals surface area contributed by atoms with Gasteiger partial charge in [-0.1, -0.05) is 61.8 Å². The predicted octanol–water partition coefficient (Wildman–Crippen LogP) is 5.88. The highest BCUT2D eigenvalue weighted by Gasteiger charge is 2.26. The van der Waals surface area contributed by atoms with Crippen molar-refractivity contribution in [3.8, 4) is 5.75 Å². The van der Waals surface area contributed by atoms with Crippen LogP contribution in [-0.4, -0.2) is 22.1 Å². The van der Waals surface area contributed by atoms with E-state index in [1.165, 1.54) is 4.90 Å². The van der Waals surface area contributed by atoms with Crippen molar-refractivity contribution >= 4 is 11.8 Å². The molecule has 2 unspecified atom stereocenters. The van der Waals surface area contributed by atoms with Crippen LogP contribution in [0.2, 0.25) is 0 Å². The quantitative estimate of drug-likeness (QED) is 0.628. The molecule has 0 radical (unpaired) electrons. The Morgan fingerprint density at radius 1 is 1.00 bits per heavy atom. The highest BCUT2D eigenvalue weighted by molar-refractivity contribution is 7.99. The number of rotatable bonds is 6. The second-order valence-corrected chi connectivity index (χ2v) is 10.1. The van der Waals surface area contributed by atoms with E-state index in [4.69, 9.17) is 0 Å². The van der Waals surface area contributed by atoms with Gasteiger partial charge in [0.15, 0.2) is 0 Å². The highest BCUT2D eigenvalue weighted by atomic mass is 32.2. The molecule has 2 atom stereocenters.